The van der Waals surface area contributed by atoms with E-state index in [-0.39, 0.29) is 54.4 Å². The Morgan fingerprint density at radius 2 is 1.65 bits per heavy atom. The average Bonchev–Trinajstić information content (AvgIpc) is 3.78. The largest absolute Gasteiger partial charge is 0.375 e. The van der Waals surface area contributed by atoms with Crippen molar-refractivity contribution >= 4 is 63.8 Å². The van der Waals surface area contributed by atoms with Crippen LogP contribution in [-0.4, -0.2) is 115 Å². The Bertz CT molecular complexity index is 2540. The first-order chi connectivity index (χ1) is 29.1. The van der Waals surface area contributed by atoms with Crippen LogP contribution in [0.1, 0.15) is 74.2 Å². The van der Waals surface area contributed by atoms with Crippen molar-refractivity contribution in [2.75, 3.05) is 48.3 Å². The molecule has 306 valence electrons. The predicted molar refractivity (Wildman–Crippen MR) is 218 cm³/mol. The lowest BCUT2D eigenvalue weighted by molar-refractivity contribution is -0.136. The normalized spacial score (nSPS) is 20.1. The lowest BCUT2D eigenvalue weighted by atomic mass is 9.86. The van der Waals surface area contributed by atoms with Crippen molar-refractivity contribution in [3.8, 4) is 0 Å². The summed E-state index contributed by atoms with van der Waals surface area (Å²) in [5.41, 5.74) is 5.33. The number of aromatic nitrogens is 5. The van der Waals surface area contributed by atoms with Crippen molar-refractivity contribution in [2.24, 2.45) is 0 Å². The van der Waals surface area contributed by atoms with Crippen molar-refractivity contribution in [2.45, 2.75) is 57.3 Å². The van der Waals surface area contributed by atoms with Gasteiger partial charge in [-0.15, -0.1) is 0 Å². The maximum Gasteiger partial charge on any atom is 0.270 e. The van der Waals surface area contributed by atoms with Crippen LogP contribution >= 0.6 is 0 Å². The highest BCUT2D eigenvalue weighted by atomic mass is 16.2. The lowest BCUT2D eigenvalue weighted by Crippen LogP contribution is -2.54. The van der Waals surface area contributed by atoms with Gasteiger partial charge in [0, 0.05) is 68.3 Å². The van der Waals surface area contributed by atoms with E-state index in [0.29, 0.717) is 55.4 Å². The summed E-state index contributed by atoms with van der Waals surface area (Å²) < 4.78 is 2.05. The molecule has 1 aliphatic carbocycles. The number of pyridine rings is 1. The molecule has 18 heteroatoms. The first-order valence-electron chi connectivity index (χ1n) is 20.0. The molecule has 3 aromatic heterocycles. The summed E-state index contributed by atoms with van der Waals surface area (Å²) in [7, 11) is 0. The van der Waals surface area contributed by atoms with Gasteiger partial charge in [-0.1, -0.05) is 24.3 Å². The number of imide groups is 2. The van der Waals surface area contributed by atoms with Crippen LogP contribution in [0.3, 0.4) is 0 Å². The summed E-state index contributed by atoms with van der Waals surface area (Å²) in [6, 6.07) is 17.6. The summed E-state index contributed by atoms with van der Waals surface area (Å²) >= 11 is 0. The number of nitrogens with zero attached hydrogens (tertiary/aromatic N) is 8. The molecule has 0 spiro atoms. The molecule has 0 bridgehead atoms. The van der Waals surface area contributed by atoms with Gasteiger partial charge in [0.05, 0.1) is 24.0 Å². The van der Waals surface area contributed by atoms with Crippen LogP contribution in [0.5, 0.6) is 0 Å². The minimum Gasteiger partial charge on any atom is -0.375 e. The molecular formula is C42H42N12O6. The van der Waals surface area contributed by atoms with Crippen LogP contribution in [0.25, 0.3) is 11.2 Å². The molecule has 0 radical (unpaired) electrons. The number of piperidine rings is 1. The highest BCUT2D eigenvalue weighted by Crippen LogP contribution is 2.35. The molecule has 1 saturated carbocycles. The molecule has 4 aliphatic rings. The van der Waals surface area contributed by atoms with Crippen molar-refractivity contribution in [3.63, 3.8) is 0 Å². The second-order valence-corrected chi connectivity index (χ2v) is 15.4. The number of carbonyl (C=O) groups is 6. The van der Waals surface area contributed by atoms with Gasteiger partial charge < -0.3 is 30.3 Å². The smallest absolute Gasteiger partial charge is 0.270 e. The van der Waals surface area contributed by atoms with Crippen molar-refractivity contribution in [1.82, 2.24) is 44.9 Å². The zero-order valence-corrected chi connectivity index (χ0v) is 32.8. The van der Waals surface area contributed by atoms with Crippen LogP contribution < -0.4 is 26.2 Å². The summed E-state index contributed by atoms with van der Waals surface area (Å²) in [5, 5.41) is 11.7. The summed E-state index contributed by atoms with van der Waals surface area (Å²) in [6.45, 7) is 4.60. The fourth-order valence-corrected chi connectivity index (χ4v) is 8.28. The molecule has 2 saturated heterocycles. The molecule has 5 aromatic rings. The lowest BCUT2D eigenvalue weighted by Gasteiger charge is -2.36. The van der Waals surface area contributed by atoms with Crippen molar-refractivity contribution in [3.05, 3.63) is 101 Å². The number of carbonyl (C=O) groups excluding carboxylic acids is 6. The van der Waals surface area contributed by atoms with Crippen LogP contribution in [0, 0.1) is 6.92 Å². The molecule has 0 unspecified atom stereocenters. The Morgan fingerprint density at radius 1 is 0.867 bits per heavy atom. The molecule has 18 nitrogen and oxygen atoms in total. The number of rotatable bonds is 11. The van der Waals surface area contributed by atoms with E-state index in [0.717, 1.165) is 40.3 Å². The third-order valence-corrected chi connectivity index (χ3v) is 11.6. The van der Waals surface area contributed by atoms with E-state index in [2.05, 4.69) is 74.9 Å². The Morgan fingerprint density at radius 3 is 2.42 bits per heavy atom. The molecule has 1 atom stereocenters. The van der Waals surface area contributed by atoms with Crippen molar-refractivity contribution < 1.29 is 28.8 Å². The van der Waals surface area contributed by atoms with Crippen LogP contribution in [-0.2, 0) is 20.9 Å². The number of hydrogen-bond acceptors (Lipinski definition) is 13. The number of anilines is 3. The van der Waals surface area contributed by atoms with Crippen LogP contribution in [0.2, 0.25) is 0 Å². The first-order valence-corrected chi connectivity index (χ1v) is 20.0. The number of aryl methyl sites for hydroxylation is 1. The van der Waals surface area contributed by atoms with Gasteiger partial charge in [0.15, 0.2) is 11.5 Å². The second-order valence-electron chi connectivity index (χ2n) is 15.4. The van der Waals surface area contributed by atoms with E-state index in [9.17, 15) is 28.8 Å². The van der Waals surface area contributed by atoms with Crippen molar-refractivity contribution in [1.29, 1.82) is 0 Å². The number of imidazole rings is 1. The van der Waals surface area contributed by atoms with Gasteiger partial charge in [-0.2, -0.15) is 0 Å². The van der Waals surface area contributed by atoms with Crippen LogP contribution in [0.15, 0.2) is 73.3 Å². The highest BCUT2D eigenvalue weighted by Gasteiger charge is 2.45. The fraction of sp³-hybridized carbons (Fsp3) is 0.333. The molecule has 6 amide bonds. The number of amides is 6. The van der Waals surface area contributed by atoms with E-state index in [1.165, 1.54) is 12.4 Å². The Labute approximate surface area is 343 Å². The minimum atomic E-state index is -1.07. The number of nitrogens with one attached hydrogen (secondary N) is 4. The molecule has 60 heavy (non-hydrogen) atoms. The Kier molecular flexibility index (Phi) is 10.1. The average molecular weight is 811 g/mol. The van der Waals surface area contributed by atoms with Gasteiger partial charge >= 0.3 is 0 Å². The first kappa shape index (κ1) is 38.3. The predicted octanol–water partition coefficient (Wildman–Crippen LogP) is 2.44. The molecule has 9 rings (SSSR count). The van der Waals surface area contributed by atoms with Gasteiger partial charge in [-0.3, -0.25) is 39.0 Å². The monoisotopic (exact) mass is 810 g/mol. The van der Waals surface area contributed by atoms with E-state index in [4.69, 9.17) is 0 Å². The zero-order valence-electron chi connectivity index (χ0n) is 32.8. The maximum atomic E-state index is 13.4. The topological polar surface area (TPSA) is 217 Å². The summed E-state index contributed by atoms with van der Waals surface area (Å²) in [4.78, 5) is 99.5. The molecule has 2 aromatic carbocycles. The number of benzene rings is 2. The third-order valence-electron chi connectivity index (χ3n) is 11.6. The quantitative estimate of drug-likeness (QED) is 0.141. The van der Waals surface area contributed by atoms with Gasteiger partial charge in [-0.25, -0.2) is 19.9 Å². The molecule has 3 fully saturated rings. The molecule has 6 heterocycles. The summed E-state index contributed by atoms with van der Waals surface area (Å²) in [5.74, 6) is -2.02. The number of piperazine rings is 1. The second kappa shape index (κ2) is 15.8. The summed E-state index contributed by atoms with van der Waals surface area (Å²) in [6.07, 6.45) is 4.95. The van der Waals surface area contributed by atoms with Crippen LogP contribution in [0.4, 0.5) is 17.2 Å². The van der Waals surface area contributed by atoms with E-state index in [1.54, 1.807) is 29.4 Å². The van der Waals surface area contributed by atoms with E-state index < -0.39 is 29.7 Å². The van der Waals surface area contributed by atoms with Gasteiger partial charge in [0.2, 0.25) is 17.7 Å². The van der Waals surface area contributed by atoms with Gasteiger partial charge in [0.25, 0.3) is 17.7 Å². The highest BCUT2D eigenvalue weighted by molar-refractivity contribution is 6.25. The van der Waals surface area contributed by atoms with Gasteiger partial charge in [-0.05, 0) is 68.1 Å². The molecule has 4 N–H and O–H groups in total. The molecule has 3 aliphatic heterocycles. The minimum absolute atomic E-state index is 0.0319. The Hall–Kier alpha value is -7.24. The van der Waals surface area contributed by atoms with E-state index >= 15 is 0 Å². The maximum absolute atomic E-state index is 13.4. The zero-order chi connectivity index (χ0) is 41.5. The number of hydrogen-bond donors (Lipinski definition) is 4. The SMILES string of the molecule is Cc1cccc(C(=O)NC2CC(n3cnc4c(NCc5ccc(N6CCN(C(=O)CNc7cccc8c7C(=O)N([C@H]7CCC(=O)NC7=O)C8=O)CC6)cc5)ncnc43)C2)n1. The third kappa shape index (κ3) is 7.35. The number of fused-ring (bicyclic) bond motifs is 2. The standard InChI is InChI=1S/C42H42N12O6/c1-24-4-2-7-31(48-24)39(57)49-26-18-28(19-26)53-23-47-36-37(45-22-46-38(36)53)44-20-25-8-10-27(11-9-25)51-14-16-52(17-15-51)34(56)21-43-30-6-3-5-29-35(30)42(60)54(41(29)59)32-12-13-33(55)50-40(32)58/h2-11,22-23,26,28,32,43H,12-21H2,1H3,(H,49,57)(H,44,45,46)(H,50,55,58)/t26?,28?,32-/m0/s1. The Balaban J connectivity index is 0.744. The fourth-order valence-electron chi connectivity index (χ4n) is 8.28. The van der Waals surface area contributed by atoms with Gasteiger partial charge in [0.1, 0.15) is 23.6 Å². The van der Waals surface area contributed by atoms with E-state index in [1.807, 2.05) is 19.1 Å². The molecular weight excluding hydrogens is 769 g/mol.